The number of rotatable bonds is 12. The van der Waals surface area contributed by atoms with Gasteiger partial charge in [-0.1, -0.05) is 91.6 Å². The summed E-state index contributed by atoms with van der Waals surface area (Å²) >= 11 is 12.6. The fourth-order valence-electron chi connectivity index (χ4n) is 4.02. The molecule has 0 saturated carbocycles. The molecule has 0 spiro atoms. The standard InChI is InChI=1S/C29H33Cl2N3O4S/c1-21(2)18-32-29(36)27(16-22-10-6-4-7-11-22)33(19-23-14-15-24(30)17-26(23)31)28(35)20-34(39(3,37)38)25-12-8-5-9-13-25/h4-15,17,21,27H,16,18-20H2,1-3H3,(H,32,36)/t27-/m1/s1. The van der Waals surface area contributed by atoms with Gasteiger partial charge in [0.2, 0.25) is 21.8 Å². The van der Waals surface area contributed by atoms with Gasteiger partial charge in [0.25, 0.3) is 0 Å². The maximum atomic E-state index is 14.0. The van der Waals surface area contributed by atoms with Crippen molar-refractivity contribution >= 4 is 50.7 Å². The number of sulfonamides is 1. The third kappa shape index (κ3) is 8.98. The Hall–Kier alpha value is -3.07. The third-order valence-electron chi connectivity index (χ3n) is 6.03. The van der Waals surface area contributed by atoms with Crippen molar-refractivity contribution in [3.8, 4) is 0 Å². The molecule has 0 fully saturated rings. The number of halogens is 2. The van der Waals surface area contributed by atoms with Crippen molar-refractivity contribution in [3.05, 3.63) is 100 Å². The average Bonchev–Trinajstić information content (AvgIpc) is 2.89. The topological polar surface area (TPSA) is 86.8 Å². The lowest BCUT2D eigenvalue weighted by atomic mass is 10.0. The van der Waals surface area contributed by atoms with Gasteiger partial charge in [0, 0.05) is 29.6 Å². The molecule has 0 aromatic heterocycles. The van der Waals surface area contributed by atoms with Crippen molar-refractivity contribution in [2.45, 2.75) is 32.9 Å². The van der Waals surface area contributed by atoms with Gasteiger partial charge >= 0.3 is 0 Å². The molecule has 1 N–H and O–H groups in total. The molecule has 39 heavy (non-hydrogen) atoms. The van der Waals surface area contributed by atoms with Crippen LogP contribution in [0.25, 0.3) is 0 Å². The molecule has 3 rings (SSSR count). The Morgan fingerprint density at radius 2 is 1.54 bits per heavy atom. The number of para-hydroxylation sites is 1. The normalized spacial score (nSPS) is 12.2. The summed E-state index contributed by atoms with van der Waals surface area (Å²) in [7, 11) is -3.82. The van der Waals surface area contributed by atoms with E-state index in [9.17, 15) is 18.0 Å². The number of amides is 2. The second-order valence-electron chi connectivity index (χ2n) is 9.71. The molecule has 10 heteroatoms. The van der Waals surface area contributed by atoms with Gasteiger partial charge in [-0.3, -0.25) is 13.9 Å². The van der Waals surface area contributed by atoms with E-state index in [1.807, 2.05) is 44.2 Å². The van der Waals surface area contributed by atoms with Crippen LogP contribution < -0.4 is 9.62 Å². The number of anilines is 1. The van der Waals surface area contributed by atoms with Crippen molar-refractivity contribution in [2.24, 2.45) is 5.92 Å². The zero-order chi connectivity index (χ0) is 28.6. The highest BCUT2D eigenvalue weighted by Crippen LogP contribution is 2.25. The van der Waals surface area contributed by atoms with Crippen LogP contribution in [0.2, 0.25) is 10.0 Å². The van der Waals surface area contributed by atoms with Crippen LogP contribution in [-0.4, -0.2) is 50.5 Å². The molecule has 0 bridgehead atoms. The zero-order valence-electron chi connectivity index (χ0n) is 22.2. The van der Waals surface area contributed by atoms with E-state index in [1.165, 1.54) is 4.90 Å². The molecule has 3 aromatic rings. The van der Waals surface area contributed by atoms with E-state index in [0.29, 0.717) is 27.8 Å². The molecule has 0 unspecified atom stereocenters. The fourth-order valence-corrected chi connectivity index (χ4v) is 5.34. The maximum absolute atomic E-state index is 14.0. The number of carbonyl (C=O) groups is 2. The summed E-state index contributed by atoms with van der Waals surface area (Å²) in [5.74, 6) is -0.687. The number of nitrogens with zero attached hydrogens (tertiary/aromatic N) is 2. The summed E-state index contributed by atoms with van der Waals surface area (Å²) in [6.45, 7) is 3.87. The molecule has 0 radical (unpaired) electrons. The highest BCUT2D eigenvalue weighted by atomic mass is 35.5. The first kappa shape index (κ1) is 30.5. The lowest BCUT2D eigenvalue weighted by molar-refractivity contribution is -0.140. The van der Waals surface area contributed by atoms with E-state index in [1.54, 1.807) is 48.5 Å². The van der Waals surface area contributed by atoms with E-state index in [-0.39, 0.29) is 24.8 Å². The second-order valence-corrected chi connectivity index (χ2v) is 12.5. The van der Waals surface area contributed by atoms with Gasteiger partial charge in [0.15, 0.2) is 0 Å². The molecule has 3 aromatic carbocycles. The van der Waals surface area contributed by atoms with Crippen molar-refractivity contribution < 1.29 is 18.0 Å². The first-order valence-electron chi connectivity index (χ1n) is 12.5. The summed E-state index contributed by atoms with van der Waals surface area (Å²) in [5, 5.41) is 3.72. The van der Waals surface area contributed by atoms with Crippen molar-refractivity contribution in [3.63, 3.8) is 0 Å². The Kier molecular flexibility index (Phi) is 10.8. The SMILES string of the molecule is CC(C)CNC(=O)[C@@H](Cc1ccccc1)N(Cc1ccc(Cl)cc1Cl)C(=O)CN(c1ccccc1)S(C)(=O)=O. The Morgan fingerprint density at radius 3 is 2.10 bits per heavy atom. The van der Waals surface area contributed by atoms with Gasteiger partial charge in [-0.2, -0.15) is 0 Å². The Balaban J connectivity index is 2.06. The zero-order valence-corrected chi connectivity index (χ0v) is 24.5. The highest BCUT2D eigenvalue weighted by molar-refractivity contribution is 7.92. The van der Waals surface area contributed by atoms with Gasteiger partial charge < -0.3 is 10.2 Å². The molecule has 208 valence electrons. The lowest BCUT2D eigenvalue weighted by Crippen LogP contribution is -2.53. The number of hydrogen-bond donors (Lipinski definition) is 1. The van der Waals surface area contributed by atoms with E-state index in [4.69, 9.17) is 23.2 Å². The Labute approximate surface area is 240 Å². The highest BCUT2D eigenvalue weighted by Gasteiger charge is 2.33. The van der Waals surface area contributed by atoms with Crippen LogP contribution in [0, 0.1) is 5.92 Å². The minimum atomic E-state index is -3.82. The number of benzene rings is 3. The molecule has 7 nitrogen and oxygen atoms in total. The molecule has 0 aliphatic heterocycles. The molecule has 0 saturated heterocycles. The van der Waals surface area contributed by atoms with E-state index >= 15 is 0 Å². The second kappa shape index (κ2) is 13.8. The number of hydrogen-bond acceptors (Lipinski definition) is 4. The lowest BCUT2D eigenvalue weighted by Gasteiger charge is -2.34. The van der Waals surface area contributed by atoms with E-state index in [2.05, 4.69) is 5.32 Å². The van der Waals surface area contributed by atoms with Crippen molar-refractivity contribution in [1.82, 2.24) is 10.2 Å². The molecular weight excluding hydrogens is 557 g/mol. The largest absolute Gasteiger partial charge is 0.354 e. The molecular formula is C29H33Cl2N3O4S. The number of carbonyl (C=O) groups excluding carboxylic acids is 2. The summed E-state index contributed by atoms with van der Waals surface area (Å²) < 4.78 is 26.5. The summed E-state index contributed by atoms with van der Waals surface area (Å²) in [4.78, 5) is 29.0. The molecule has 0 aliphatic carbocycles. The van der Waals surface area contributed by atoms with E-state index in [0.717, 1.165) is 16.1 Å². The van der Waals surface area contributed by atoms with E-state index < -0.39 is 28.5 Å². The van der Waals surface area contributed by atoms with Crippen LogP contribution in [0.15, 0.2) is 78.9 Å². The van der Waals surface area contributed by atoms with Crippen LogP contribution in [0.4, 0.5) is 5.69 Å². The van der Waals surface area contributed by atoms with Gasteiger partial charge in [0.1, 0.15) is 12.6 Å². The molecule has 0 aliphatic rings. The van der Waals surface area contributed by atoms with Gasteiger partial charge in [-0.15, -0.1) is 0 Å². The molecule has 1 atom stereocenters. The van der Waals surface area contributed by atoms with Crippen molar-refractivity contribution in [1.29, 1.82) is 0 Å². The molecule has 2 amide bonds. The molecule has 0 heterocycles. The Bertz CT molecular complexity index is 1370. The Morgan fingerprint density at radius 1 is 0.923 bits per heavy atom. The quantitative estimate of drug-likeness (QED) is 0.315. The first-order valence-corrected chi connectivity index (χ1v) is 15.1. The predicted octanol–water partition coefficient (Wildman–Crippen LogP) is 5.17. The number of nitrogens with one attached hydrogen (secondary N) is 1. The van der Waals surface area contributed by atoms with Crippen LogP contribution >= 0.6 is 23.2 Å². The minimum absolute atomic E-state index is 0.0200. The third-order valence-corrected chi connectivity index (χ3v) is 7.76. The summed E-state index contributed by atoms with van der Waals surface area (Å²) in [6.07, 6.45) is 1.27. The van der Waals surface area contributed by atoms with Crippen LogP contribution in [-0.2, 0) is 32.6 Å². The van der Waals surface area contributed by atoms with Crippen LogP contribution in [0.1, 0.15) is 25.0 Å². The predicted molar refractivity (Wildman–Crippen MR) is 157 cm³/mol. The average molecular weight is 591 g/mol. The van der Waals surface area contributed by atoms with Crippen LogP contribution in [0.3, 0.4) is 0 Å². The van der Waals surface area contributed by atoms with Gasteiger partial charge in [-0.05, 0) is 41.3 Å². The van der Waals surface area contributed by atoms with Crippen molar-refractivity contribution in [2.75, 3.05) is 23.7 Å². The summed E-state index contributed by atoms with van der Waals surface area (Å²) in [6, 6.07) is 21.7. The first-order chi connectivity index (χ1) is 18.5. The van der Waals surface area contributed by atoms with Gasteiger partial charge in [0.05, 0.1) is 11.9 Å². The van der Waals surface area contributed by atoms with Crippen LogP contribution in [0.5, 0.6) is 0 Å². The maximum Gasteiger partial charge on any atom is 0.244 e. The van der Waals surface area contributed by atoms with Gasteiger partial charge in [-0.25, -0.2) is 8.42 Å². The fraction of sp³-hybridized carbons (Fsp3) is 0.310. The minimum Gasteiger partial charge on any atom is -0.354 e. The monoisotopic (exact) mass is 589 g/mol. The summed E-state index contributed by atoms with van der Waals surface area (Å²) in [5.41, 5.74) is 1.78. The smallest absolute Gasteiger partial charge is 0.244 e.